The summed E-state index contributed by atoms with van der Waals surface area (Å²) in [4.78, 5) is 15.4. The number of fused-ring (bicyclic) bond motifs is 1. The maximum atomic E-state index is 11.7. The third-order valence-corrected chi connectivity index (χ3v) is 14.9. The average Bonchev–Trinajstić information content (AvgIpc) is 3.27. The topological polar surface area (TPSA) is 71.6 Å². The number of rotatable bonds is 10. The zero-order valence-corrected chi connectivity index (χ0v) is 25.2. The molecule has 1 aliphatic rings. The first-order chi connectivity index (χ1) is 18.1. The van der Waals surface area contributed by atoms with Crippen molar-refractivity contribution in [1.29, 1.82) is 0 Å². The molecule has 0 atom stereocenters. The number of carbonyl (C=O) groups is 1. The highest BCUT2D eigenvalue weighted by molar-refractivity contribution is 6.77. The zero-order chi connectivity index (χ0) is 27.6. The van der Waals surface area contributed by atoms with E-state index in [4.69, 9.17) is 9.16 Å². The molecule has 6 heteroatoms. The van der Waals surface area contributed by atoms with E-state index in [-0.39, 0.29) is 0 Å². The number of hydrogen-bond donors (Lipinski definition) is 2. The monoisotopic (exact) mass is 535 g/mol. The Morgan fingerprint density at radius 1 is 0.974 bits per heavy atom. The van der Waals surface area contributed by atoms with Crippen LogP contribution in [0.3, 0.4) is 0 Å². The summed E-state index contributed by atoms with van der Waals surface area (Å²) < 4.78 is 12.7. The Labute approximate surface area is 229 Å². The van der Waals surface area contributed by atoms with E-state index in [1.165, 1.54) is 24.8 Å². The van der Waals surface area contributed by atoms with Crippen molar-refractivity contribution in [3.63, 3.8) is 0 Å². The van der Waals surface area contributed by atoms with Gasteiger partial charge in [0.2, 0.25) is 8.32 Å². The van der Waals surface area contributed by atoms with Gasteiger partial charge < -0.3 is 19.3 Å². The van der Waals surface area contributed by atoms with Gasteiger partial charge in [0.05, 0.1) is 25.0 Å². The molecule has 38 heavy (non-hydrogen) atoms. The predicted molar refractivity (Wildman–Crippen MR) is 159 cm³/mol. The van der Waals surface area contributed by atoms with Gasteiger partial charge in [-0.3, -0.25) is 0 Å². The number of benzene rings is 2. The molecule has 1 heterocycles. The van der Waals surface area contributed by atoms with Crippen LogP contribution in [0, 0.1) is 0 Å². The number of aromatic amines is 1. The fraction of sp³-hybridized carbons (Fsp3) is 0.531. The maximum Gasteiger partial charge on any atom is 0.335 e. The number of H-pyrrole nitrogens is 1. The number of carboxylic acids is 1. The van der Waals surface area contributed by atoms with Crippen LogP contribution in [-0.2, 0) is 11.0 Å². The standard InChI is InChI=1S/C32H45NO4Si/c1-20(2)38(21(3)4,22(5)6)37-19-25-17-26(36-7)14-16-27(25)31-30(23-11-9-8-10-12-23)28-15-13-24(32(34)35)18-29(28)33-31/h13-18,20-23,33H,8-12,19H2,1-7H3,(H,34,35). The molecule has 0 aliphatic heterocycles. The van der Waals surface area contributed by atoms with Gasteiger partial charge in [-0.1, -0.05) is 66.9 Å². The number of ether oxygens (including phenoxy) is 1. The predicted octanol–water partition coefficient (Wildman–Crippen LogP) is 9.28. The van der Waals surface area contributed by atoms with Gasteiger partial charge in [0.1, 0.15) is 5.75 Å². The van der Waals surface area contributed by atoms with Crippen molar-refractivity contribution < 1.29 is 19.1 Å². The van der Waals surface area contributed by atoms with Crippen molar-refractivity contribution in [3.05, 3.63) is 53.1 Å². The van der Waals surface area contributed by atoms with E-state index in [1.54, 1.807) is 19.2 Å². The molecule has 2 aromatic carbocycles. The number of hydrogen-bond acceptors (Lipinski definition) is 3. The summed E-state index contributed by atoms with van der Waals surface area (Å²) in [5.74, 6) is 0.370. The Balaban J connectivity index is 1.87. The first kappa shape index (κ1) is 28.4. The van der Waals surface area contributed by atoms with Gasteiger partial charge in [-0.2, -0.15) is 0 Å². The lowest BCUT2D eigenvalue weighted by Gasteiger charge is -2.42. The van der Waals surface area contributed by atoms with E-state index in [0.717, 1.165) is 46.3 Å². The molecule has 0 unspecified atom stereocenters. The molecule has 206 valence electrons. The molecule has 1 aromatic heterocycles. The van der Waals surface area contributed by atoms with Crippen LogP contribution in [0.15, 0.2) is 36.4 Å². The Morgan fingerprint density at radius 2 is 1.63 bits per heavy atom. The summed E-state index contributed by atoms with van der Waals surface area (Å²) in [5, 5.41) is 10.8. The summed E-state index contributed by atoms with van der Waals surface area (Å²) in [6.07, 6.45) is 6.06. The molecular weight excluding hydrogens is 490 g/mol. The Bertz CT molecular complexity index is 1250. The molecule has 1 saturated carbocycles. The lowest BCUT2D eigenvalue weighted by atomic mass is 9.81. The molecule has 4 rings (SSSR count). The second kappa shape index (κ2) is 11.7. The maximum absolute atomic E-state index is 11.7. The smallest absolute Gasteiger partial charge is 0.335 e. The van der Waals surface area contributed by atoms with Gasteiger partial charge in [0.25, 0.3) is 0 Å². The lowest BCUT2D eigenvalue weighted by molar-refractivity contribution is 0.0697. The molecule has 0 spiro atoms. The van der Waals surface area contributed by atoms with Crippen LogP contribution in [-0.4, -0.2) is 31.5 Å². The molecule has 3 aromatic rings. The zero-order valence-electron chi connectivity index (χ0n) is 24.2. The van der Waals surface area contributed by atoms with E-state index in [2.05, 4.69) is 58.7 Å². The summed E-state index contributed by atoms with van der Waals surface area (Å²) in [5.41, 5.74) is 7.35. The molecular formula is C32H45NO4Si. The minimum absolute atomic E-state index is 0.306. The first-order valence-corrected chi connectivity index (χ1v) is 16.4. The summed E-state index contributed by atoms with van der Waals surface area (Å²) in [6, 6.07) is 11.8. The largest absolute Gasteiger partial charge is 0.497 e. The fourth-order valence-corrected chi connectivity index (χ4v) is 12.5. The Kier molecular flexibility index (Phi) is 8.73. The van der Waals surface area contributed by atoms with E-state index >= 15 is 0 Å². The van der Waals surface area contributed by atoms with Gasteiger partial charge in [-0.15, -0.1) is 0 Å². The van der Waals surface area contributed by atoms with Crippen molar-refractivity contribution in [2.45, 2.75) is 103 Å². The van der Waals surface area contributed by atoms with Crippen molar-refractivity contribution in [2.24, 2.45) is 0 Å². The van der Waals surface area contributed by atoms with Crippen LogP contribution in [0.2, 0.25) is 16.6 Å². The molecule has 0 saturated heterocycles. The summed E-state index contributed by atoms with van der Waals surface area (Å²) >= 11 is 0. The van der Waals surface area contributed by atoms with E-state index in [0.29, 0.717) is 34.7 Å². The van der Waals surface area contributed by atoms with Crippen LogP contribution in [0.25, 0.3) is 22.2 Å². The molecule has 1 aliphatic carbocycles. The third kappa shape index (κ3) is 5.30. The first-order valence-electron chi connectivity index (χ1n) is 14.3. The average molecular weight is 536 g/mol. The highest BCUT2D eigenvalue weighted by Crippen LogP contribution is 2.46. The van der Waals surface area contributed by atoms with E-state index < -0.39 is 14.3 Å². The summed E-state index contributed by atoms with van der Waals surface area (Å²) in [7, 11) is -0.369. The number of methoxy groups -OCH3 is 1. The minimum atomic E-state index is -2.08. The number of nitrogens with one attached hydrogen (secondary N) is 1. The van der Waals surface area contributed by atoms with E-state index in [9.17, 15) is 9.90 Å². The van der Waals surface area contributed by atoms with Gasteiger partial charge in [-0.05, 0) is 76.8 Å². The minimum Gasteiger partial charge on any atom is -0.497 e. The van der Waals surface area contributed by atoms with Gasteiger partial charge in [-0.25, -0.2) is 4.79 Å². The molecule has 0 amide bonds. The van der Waals surface area contributed by atoms with Gasteiger partial charge >= 0.3 is 5.97 Å². The third-order valence-electron chi connectivity index (χ3n) is 8.87. The SMILES string of the molecule is COc1ccc(-c2[nH]c3cc(C(=O)O)ccc3c2C2CCCCC2)c(CO[Si](C(C)C)(C(C)C)C(C)C)c1. The number of aromatic carboxylic acids is 1. The van der Waals surface area contributed by atoms with E-state index in [1.807, 2.05) is 12.1 Å². The van der Waals surface area contributed by atoms with Crippen molar-refractivity contribution in [2.75, 3.05) is 7.11 Å². The molecule has 5 nitrogen and oxygen atoms in total. The quantitative estimate of drug-likeness (QED) is 0.254. The van der Waals surface area contributed by atoms with Gasteiger partial charge in [0, 0.05) is 16.5 Å². The Hall–Kier alpha value is -2.57. The van der Waals surface area contributed by atoms with Crippen molar-refractivity contribution >= 4 is 25.2 Å². The van der Waals surface area contributed by atoms with Crippen molar-refractivity contribution in [1.82, 2.24) is 4.98 Å². The molecule has 1 fully saturated rings. The normalized spacial score (nSPS) is 15.2. The second-order valence-electron chi connectivity index (χ2n) is 11.9. The second-order valence-corrected chi connectivity index (χ2v) is 17.4. The van der Waals surface area contributed by atoms with Crippen LogP contribution < -0.4 is 4.74 Å². The van der Waals surface area contributed by atoms with Crippen LogP contribution >= 0.6 is 0 Å². The van der Waals surface area contributed by atoms with Crippen LogP contribution in [0.5, 0.6) is 5.75 Å². The molecule has 0 radical (unpaired) electrons. The van der Waals surface area contributed by atoms with Crippen LogP contribution in [0.1, 0.15) is 101 Å². The number of carboxylic acid groups (broad SMARTS) is 1. The highest BCUT2D eigenvalue weighted by atomic mass is 28.4. The highest BCUT2D eigenvalue weighted by Gasteiger charge is 2.45. The lowest BCUT2D eigenvalue weighted by Crippen LogP contribution is -2.47. The molecule has 2 N–H and O–H groups in total. The number of aromatic nitrogens is 1. The fourth-order valence-electron chi connectivity index (χ4n) is 7.14. The molecule has 0 bridgehead atoms. The summed E-state index contributed by atoms with van der Waals surface area (Å²) in [6.45, 7) is 14.4. The van der Waals surface area contributed by atoms with Gasteiger partial charge in [0.15, 0.2) is 0 Å². The van der Waals surface area contributed by atoms with Crippen molar-refractivity contribution in [3.8, 4) is 17.0 Å². The Morgan fingerprint density at radius 3 is 2.21 bits per heavy atom. The van der Waals surface area contributed by atoms with Crippen LogP contribution in [0.4, 0.5) is 0 Å².